The van der Waals surface area contributed by atoms with E-state index in [1.165, 1.54) is 11.3 Å². The molecule has 0 aliphatic rings. The number of nitrogen functional groups attached to an aromatic ring is 1. The normalized spacial score (nSPS) is 10.4. The second kappa shape index (κ2) is 4.02. The summed E-state index contributed by atoms with van der Waals surface area (Å²) in [6, 6.07) is 3.75. The molecular weight excluding hydrogens is 266 g/mol. The molecule has 2 rings (SSSR count). The number of thiazole rings is 1. The fourth-order valence-corrected chi connectivity index (χ4v) is 1.90. The van der Waals surface area contributed by atoms with Gasteiger partial charge in [0.25, 0.3) is 0 Å². The molecule has 4 nitrogen and oxygen atoms in total. The number of nitrogens with one attached hydrogen (secondary N) is 1. The van der Waals surface area contributed by atoms with Crippen LogP contribution < -0.4 is 11.1 Å². The summed E-state index contributed by atoms with van der Waals surface area (Å²) in [6.45, 7) is 0.610. The lowest BCUT2D eigenvalue weighted by atomic mass is 10.4. The minimum absolute atomic E-state index is 0.610. The van der Waals surface area contributed by atoms with Crippen LogP contribution in [-0.4, -0.2) is 4.98 Å². The first-order valence-corrected chi connectivity index (χ1v) is 5.54. The third-order valence-corrected chi connectivity index (χ3v) is 2.78. The highest BCUT2D eigenvalue weighted by Crippen LogP contribution is 2.21. The summed E-state index contributed by atoms with van der Waals surface area (Å²) in [7, 11) is 0. The minimum atomic E-state index is 0.610. The molecule has 2 aromatic rings. The highest BCUT2D eigenvalue weighted by atomic mass is 79.9. The Kier molecular flexibility index (Phi) is 2.74. The van der Waals surface area contributed by atoms with E-state index >= 15 is 0 Å². The molecule has 0 saturated heterocycles. The van der Waals surface area contributed by atoms with Crippen LogP contribution in [0.1, 0.15) is 5.76 Å². The number of halogens is 1. The van der Waals surface area contributed by atoms with Gasteiger partial charge >= 0.3 is 0 Å². The number of aromatic nitrogens is 1. The summed E-state index contributed by atoms with van der Waals surface area (Å²) in [6.07, 6.45) is 1.63. The van der Waals surface area contributed by atoms with Gasteiger partial charge in [0.05, 0.1) is 12.7 Å². The first-order chi connectivity index (χ1) is 6.74. The number of nitrogens with two attached hydrogens (primary N) is 1. The highest BCUT2D eigenvalue weighted by Gasteiger charge is 2.01. The van der Waals surface area contributed by atoms with Crippen molar-refractivity contribution in [2.24, 2.45) is 0 Å². The number of hydrogen-bond donors (Lipinski definition) is 2. The van der Waals surface area contributed by atoms with Crippen molar-refractivity contribution >= 4 is 37.4 Å². The molecular formula is C8H8BrN3OS. The summed E-state index contributed by atoms with van der Waals surface area (Å²) in [5.41, 5.74) is 5.54. The Bertz CT molecular complexity index is 385. The number of rotatable bonds is 3. The van der Waals surface area contributed by atoms with Crippen molar-refractivity contribution in [3.8, 4) is 0 Å². The third kappa shape index (κ3) is 2.27. The lowest BCUT2D eigenvalue weighted by Gasteiger charge is -1.97. The number of nitrogens with zero attached hydrogens (tertiary/aromatic N) is 1. The van der Waals surface area contributed by atoms with Gasteiger partial charge in [-0.1, -0.05) is 11.3 Å². The van der Waals surface area contributed by atoms with Crippen LogP contribution in [-0.2, 0) is 6.54 Å². The first-order valence-electron chi connectivity index (χ1n) is 3.93. The van der Waals surface area contributed by atoms with E-state index in [1.54, 1.807) is 6.20 Å². The molecule has 74 valence electrons. The Morgan fingerprint density at radius 2 is 2.43 bits per heavy atom. The van der Waals surface area contributed by atoms with Gasteiger partial charge < -0.3 is 15.5 Å². The van der Waals surface area contributed by atoms with Crippen LogP contribution in [0, 0.1) is 0 Å². The Hall–Kier alpha value is -1.01. The Morgan fingerprint density at radius 3 is 3.00 bits per heavy atom. The van der Waals surface area contributed by atoms with Gasteiger partial charge in [-0.3, -0.25) is 0 Å². The largest absolute Gasteiger partial charge is 0.452 e. The van der Waals surface area contributed by atoms with Gasteiger partial charge in [-0.05, 0) is 28.1 Å². The number of anilines is 2. The number of hydrogen-bond acceptors (Lipinski definition) is 5. The van der Waals surface area contributed by atoms with E-state index in [2.05, 4.69) is 26.2 Å². The predicted molar refractivity (Wildman–Crippen MR) is 60.3 cm³/mol. The molecule has 0 unspecified atom stereocenters. The maximum Gasteiger partial charge on any atom is 0.184 e. The Morgan fingerprint density at radius 1 is 1.57 bits per heavy atom. The van der Waals surface area contributed by atoms with Crippen LogP contribution in [0.2, 0.25) is 0 Å². The molecule has 6 heteroatoms. The van der Waals surface area contributed by atoms with Crippen LogP contribution in [0.3, 0.4) is 0 Å². The van der Waals surface area contributed by atoms with Gasteiger partial charge in [0.1, 0.15) is 10.8 Å². The Labute approximate surface area is 93.3 Å². The second-order valence-electron chi connectivity index (χ2n) is 2.63. The van der Waals surface area contributed by atoms with Crippen molar-refractivity contribution in [1.82, 2.24) is 4.98 Å². The quantitative estimate of drug-likeness (QED) is 0.903. The zero-order valence-electron chi connectivity index (χ0n) is 7.16. The smallest absolute Gasteiger partial charge is 0.184 e. The molecule has 3 N–H and O–H groups in total. The van der Waals surface area contributed by atoms with Crippen molar-refractivity contribution < 1.29 is 4.42 Å². The molecule has 0 amide bonds. The monoisotopic (exact) mass is 273 g/mol. The summed E-state index contributed by atoms with van der Waals surface area (Å²) >= 11 is 4.65. The molecule has 0 bridgehead atoms. The van der Waals surface area contributed by atoms with Gasteiger partial charge in [0.2, 0.25) is 0 Å². The van der Waals surface area contributed by atoms with Crippen LogP contribution in [0.15, 0.2) is 27.4 Å². The summed E-state index contributed by atoms with van der Waals surface area (Å²) in [4.78, 5) is 4.07. The van der Waals surface area contributed by atoms with Crippen molar-refractivity contribution in [3.63, 3.8) is 0 Å². The average Bonchev–Trinajstić information content (AvgIpc) is 2.72. The summed E-state index contributed by atoms with van der Waals surface area (Å²) in [5, 5.41) is 4.61. The van der Waals surface area contributed by atoms with E-state index in [0.717, 1.165) is 15.6 Å². The van der Waals surface area contributed by atoms with Gasteiger partial charge in [-0.15, -0.1) is 0 Å². The lowest BCUT2D eigenvalue weighted by Crippen LogP contribution is -1.96. The van der Waals surface area contributed by atoms with Crippen molar-refractivity contribution in [1.29, 1.82) is 0 Å². The van der Waals surface area contributed by atoms with Crippen molar-refractivity contribution in [2.75, 3.05) is 11.1 Å². The molecule has 2 aromatic heterocycles. The van der Waals surface area contributed by atoms with Crippen molar-refractivity contribution in [3.05, 3.63) is 28.8 Å². The van der Waals surface area contributed by atoms with Crippen LogP contribution >= 0.6 is 27.3 Å². The molecule has 14 heavy (non-hydrogen) atoms. The SMILES string of the molecule is Nc1cnc(NCc2ccc(Br)o2)s1. The molecule has 2 heterocycles. The molecule has 0 aromatic carbocycles. The van der Waals surface area contributed by atoms with E-state index in [9.17, 15) is 0 Å². The van der Waals surface area contributed by atoms with Crippen LogP contribution in [0.25, 0.3) is 0 Å². The molecule has 0 aliphatic carbocycles. The fourth-order valence-electron chi connectivity index (χ4n) is 0.978. The average molecular weight is 274 g/mol. The van der Waals surface area contributed by atoms with Crippen molar-refractivity contribution in [2.45, 2.75) is 6.54 Å². The third-order valence-electron chi connectivity index (χ3n) is 1.57. The zero-order chi connectivity index (χ0) is 9.97. The minimum Gasteiger partial charge on any atom is -0.452 e. The molecule has 0 spiro atoms. The molecule has 0 atom stereocenters. The van der Waals surface area contributed by atoms with Gasteiger partial charge in [-0.2, -0.15) is 0 Å². The van der Waals surface area contributed by atoms with Gasteiger partial charge in [-0.25, -0.2) is 4.98 Å². The molecule has 0 aliphatic heterocycles. The second-order valence-corrected chi connectivity index (χ2v) is 4.47. The van der Waals surface area contributed by atoms with E-state index in [4.69, 9.17) is 10.2 Å². The van der Waals surface area contributed by atoms with E-state index in [1.807, 2.05) is 12.1 Å². The topological polar surface area (TPSA) is 64.1 Å². The summed E-state index contributed by atoms with van der Waals surface area (Å²) in [5.74, 6) is 0.852. The summed E-state index contributed by atoms with van der Waals surface area (Å²) < 4.78 is 6.04. The van der Waals surface area contributed by atoms with Gasteiger partial charge in [0, 0.05) is 0 Å². The van der Waals surface area contributed by atoms with E-state index in [-0.39, 0.29) is 0 Å². The maximum absolute atomic E-state index is 5.54. The predicted octanol–water partition coefficient (Wildman–Crippen LogP) is 2.69. The molecule has 0 fully saturated rings. The zero-order valence-corrected chi connectivity index (χ0v) is 9.56. The highest BCUT2D eigenvalue weighted by molar-refractivity contribution is 9.10. The first kappa shape index (κ1) is 9.54. The van der Waals surface area contributed by atoms with Gasteiger partial charge in [0.15, 0.2) is 9.80 Å². The maximum atomic E-state index is 5.54. The van der Waals surface area contributed by atoms with Crippen LogP contribution in [0.4, 0.5) is 10.1 Å². The number of furan rings is 1. The van der Waals surface area contributed by atoms with E-state index in [0.29, 0.717) is 11.5 Å². The Balaban J connectivity index is 1.94. The van der Waals surface area contributed by atoms with E-state index < -0.39 is 0 Å². The lowest BCUT2D eigenvalue weighted by molar-refractivity contribution is 0.495. The standard InChI is InChI=1S/C8H8BrN3OS/c9-6-2-1-5(13-6)3-11-8-12-4-7(10)14-8/h1-2,4H,3,10H2,(H,11,12). The van der Waals surface area contributed by atoms with Crippen LogP contribution in [0.5, 0.6) is 0 Å². The molecule has 0 saturated carbocycles. The molecule has 0 radical (unpaired) electrons. The fraction of sp³-hybridized carbons (Fsp3) is 0.125.